The standard InChI is InChI=1S/C53H97N13O13/c1-6-8-9-10-11-13-36(69)27-33(14-20-54)47(73)66-45(32(5)68)44(71)28-34(15-21-55)46(72)62-41-19-25-59-49(75)42(30-67)65-52(78)40(18-24-58)64-51(77)39(17-23-57)63-50(76)38(12-7-2)61-48(74)35(26-31(3)4)29-43(70)37(16-22-56)60-53(41)79/h31-35,37-42,45,67-68H,6-30,54-58H2,1-5H3,(H,59,75)(H,60,79)(H,61,74)(H,62,72)(H,63,76)(H,64,77)(H,65,78)(H,66,73)/t32-,33-,34-,35+,37+,38+,39+,40+,41+,42+,45+/m1/s1. The second-order valence-electron chi connectivity index (χ2n) is 21.0. The van der Waals surface area contributed by atoms with Crippen LogP contribution >= 0.6 is 0 Å². The molecular formula is C53H97N13O13. The maximum atomic E-state index is 14.4. The molecule has 1 rings (SSSR count). The molecule has 1 saturated heterocycles. The lowest BCUT2D eigenvalue weighted by Gasteiger charge is -2.28. The molecule has 26 nitrogen and oxygen atoms in total. The van der Waals surface area contributed by atoms with Gasteiger partial charge in [-0.2, -0.15) is 0 Å². The predicted octanol–water partition coefficient (Wildman–Crippen LogP) is -3.05. The van der Waals surface area contributed by atoms with Gasteiger partial charge in [-0.15, -0.1) is 0 Å². The smallest absolute Gasteiger partial charge is 0.244 e. The quantitative estimate of drug-likeness (QED) is 0.0307. The number of carbonyl (C=O) groups excluding carboxylic acids is 11. The van der Waals surface area contributed by atoms with E-state index in [0.29, 0.717) is 12.8 Å². The molecule has 1 fully saturated rings. The zero-order valence-corrected chi connectivity index (χ0v) is 47.4. The number of hydrogen-bond acceptors (Lipinski definition) is 18. The van der Waals surface area contributed by atoms with E-state index in [2.05, 4.69) is 49.5 Å². The van der Waals surface area contributed by atoms with Gasteiger partial charge in [0.1, 0.15) is 42.0 Å². The highest BCUT2D eigenvalue weighted by Crippen LogP contribution is 2.20. The van der Waals surface area contributed by atoms with E-state index < -0.39 is 151 Å². The van der Waals surface area contributed by atoms with Gasteiger partial charge in [-0.1, -0.05) is 59.8 Å². The highest BCUT2D eigenvalue weighted by molar-refractivity contribution is 5.99. The maximum Gasteiger partial charge on any atom is 0.244 e. The fourth-order valence-corrected chi connectivity index (χ4v) is 9.21. The minimum atomic E-state index is -1.62. The summed E-state index contributed by atoms with van der Waals surface area (Å²) in [7, 11) is 0. The number of hydrogen-bond donors (Lipinski definition) is 15. The van der Waals surface area contributed by atoms with Crippen LogP contribution in [0.4, 0.5) is 0 Å². The van der Waals surface area contributed by atoms with Crippen LogP contribution in [0.3, 0.4) is 0 Å². The average molecular weight is 1120 g/mol. The van der Waals surface area contributed by atoms with Crippen LogP contribution in [0.1, 0.15) is 150 Å². The number of rotatable bonds is 31. The van der Waals surface area contributed by atoms with Gasteiger partial charge in [0.2, 0.25) is 47.3 Å². The Morgan fingerprint density at radius 3 is 1.61 bits per heavy atom. The van der Waals surface area contributed by atoms with Gasteiger partial charge < -0.3 is 81.4 Å². The van der Waals surface area contributed by atoms with Crippen molar-refractivity contribution in [3.63, 3.8) is 0 Å². The maximum absolute atomic E-state index is 14.4. The SMILES string of the molecule is CCCCCCCC(=O)C[C@@H](CCN)C(=O)N[C@H](C(=O)C[C@@H](CCN)C(=O)N[C@H]1CCNC(=O)[C@H](CO)NC(=O)[C@H](CCN)NC(=O)[C@H](CCN)NC(=O)[C@H](CCC)NC(=O)[C@@H](CC(C)C)CC(=O)[C@H](CCN)NC1=O)[C@@H](C)O. The van der Waals surface area contributed by atoms with E-state index >= 15 is 0 Å². The summed E-state index contributed by atoms with van der Waals surface area (Å²) in [6.45, 7) is 7.05. The van der Waals surface area contributed by atoms with Gasteiger partial charge in [-0.25, -0.2) is 0 Å². The third kappa shape index (κ3) is 27.0. The Morgan fingerprint density at radius 2 is 1.10 bits per heavy atom. The van der Waals surface area contributed by atoms with Crippen molar-refractivity contribution in [3.8, 4) is 0 Å². The first-order chi connectivity index (χ1) is 37.5. The second-order valence-corrected chi connectivity index (χ2v) is 21.0. The second kappa shape index (κ2) is 39.8. The van der Waals surface area contributed by atoms with Crippen LogP contribution in [0.25, 0.3) is 0 Å². The molecule has 452 valence electrons. The summed E-state index contributed by atoms with van der Waals surface area (Å²) in [5, 5.41) is 41.5. The van der Waals surface area contributed by atoms with Crippen molar-refractivity contribution in [2.24, 2.45) is 52.3 Å². The number of aliphatic hydroxyl groups excluding tert-OH is 2. The van der Waals surface area contributed by atoms with Crippen LogP contribution in [0.15, 0.2) is 0 Å². The zero-order valence-electron chi connectivity index (χ0n) is 47.4. The Balaban J connectivity index is 3.75. The molecule has 0 saturated carbocycles. The van der Waals surface area contributed by atoms with E-state index in [0.717, 1.165) is 25.7 Å². The Morgan fingerprint density at radius 1 is 0.595 bits per heavy atom. The molecule has 0 radical (unpaired) electrons. The first-order valence-corrected chi connectivity index (χ1v) is 28.3. The van der Waals surface area contributed by atoms with Crippen LogP contribution in [0, 0.1) is 23.7 Å². The molecule has 1 aliphatic rings. The van der Waals surface area contributed by atoms with Crippen molar-refractivity contribution in [2.75, 3.05) is 45.9 Å². The van der Waals surface area contributed by atoms with Crippen LogP contribution in [-0.4, -0.2) is 169 Å². The summed E-state index contributed by atoms with van der Waals surface area (Å²) in [4.78, 5) is 152. The summed E-state index contributed by atoms with van der Waals surface area (Å²) in [5.41, 5.74) is 29.2. The summed E-state index contributed by atoms with van der Waals surface area (Å²) >= 11 is 0. The molecule has 0 aromatic rings. The van der Waals surface area contributed by atoms with Crippen LogP contribution in [0.2, 0.25) is 0 Å². The molecule has 0 aliphatic carbocycles. The predicted molar refractivity (Wildman–Crippen MR) is 295 cm³/mol. The van der Waals surface area contributed by atoms with Crippen molar-refractivity contribution in [3.05, 3.63) is 0 Å². The third-order valence-corrected chi connectivity index (χ3v) is 13.7. The topological polar surface area (TPSA) is 455 Å². The summed E-state index contributed by atoms with van der Waals surface area (Å²) < 4.78 is 0. The largest absolute Gasteiger partial charge is 0.394 e. The molecule has 20 N–H and O–H groups in total. The van der Waals surface area contributed by atoms with Gasteiger partial charge in [-0.05, 0) is 103 Å². The summed E-state index contributed by atoms with van der Waals surface area (Å²) in [6, 6.07) is -9.89. The summed E-state index contributed by atoms with van der Waals surface area (Å²) in [5.74, 6) is -11.4. The first kappa shape index (κ1) is 71.5. The number of nitrogens with one attached hydrogen (secondary N) is 8. The van der Waals surface area contributed by atoms with Crippen molar-refractivity contribution in [1.29, 1.82) is 0 Å². The van der Waals surface area contributed by atoms with E-state index in [4.69, 9.17) is 28.7 Å². The molecular weight excluding hydrogens is 1030 g/mol. The number of Topliss-reactive ketones (excluding diaryl/α,β-unsaturated/α-hetero) is 3. The number of unbranched alkanes of at least 4 members (excludes halogenated alkanes) is 4. The van der Waals surface area contributed by atoms with Crippen LogP contribution < -0.4 is 71.2 Å². The van der Waals surface area contributed by atoms with Crippen molar-refractivity contribution in [2.45, 2.75) is 199 Å². The Hall–Kier alpha value is -5.51. The lowest BCUT2D eigenvalue weighted by molar-refractivity contribution is -0.137. The minimum absolute atomic E-state index is 0.0652. The van der Waals surface area contributed by atoms with Crippen LogP contribution in [0.5, 0.6) is 0 Å². The molecule has 0 aromatic heterocycles. The summed E-state index contributed by atoms with van der Waals surface area (Å²) in [6.07, 6.45) is 2.25. The molecule has 0 aromatic carbocycles. The number of nitrogens with two attached hydrogens (primary N) is 5. The van der Waals surface area contributed by atoms with Crippen molar-refractivity contribution >= 4 is 64.6 Å². The molecule has 26 heteroatoms. The highest BCUT2D eigenvalue weighted by Gasteiger charge is 2.37. The van der Waals surface area contributed by atoms with Gasteiger partial charge in [-0.3, -0.25) is 52.7 Å². The molecule has 0 bridgehead atoms. The van der Waals surface area contributed by atoms with Gasteiger partial charge in [0, 0.05) is 50.0 Å². The number of aliphatic hydroxyl groups is 2. The number of carbonyl (C=O) groups is 11. The molecule has 1 heterocycles. The van der Waals surface area contributed by atoms with Crippen LogP contribution in [-0.2, 0) is 52.7 Å². The lowest BCUT2D eigenvalue weighted by atomic mass is 9.88. The normalized spacial score (nSPS) is 23.2. The average Bonchev–Trinajstić information content (AvgIpc) is 3.39. The third-order valence-electron chi connectivity index (χ3n) is 13.7. The molecule has 11 atom stereocenters. The number of amides is 8. The highest BCUT2D eigenvalue weighted by atomic mass is 16.3. The van der Waals surface area contributed by atoms with Crippen molar-refractivity contribution < 1.29 is 63.0 Å². The Kier molecular flexibility index (Phi) is 36.0. The fourth-order valence-electron chi connectivity index (χ4n) is 9.21. The monoisotopic (exact) mass is 1120 g/mol. The zero-order chi connectivity index (χ0) is 59.6. The van der Waals surface area contributed by atoms with Gasteiger partial charge >= 0.3 is 0 Å². The Labute approximate surface area is 465 Å². The van der Waals surface area contributed by atoms with E-state index in [-0.39, 0.29) is 109 Å². The van der Waals surface area contributed by atoms with Gasteiger partial charge in [0.05, 0.1) is 18.8 Å². The van der Waals surface area contributed by atoms with E-state index in [9.17, 15) is 63.0 Å². The van der Waals surface area contributed by atoms with E-state index in [1.54, 1.807) is 6.92 Å². The van der Waals surface area contributed by atoms with Crippen molar-refractivity contribution in [1.82, 2.24) is 42.5 Å². The lowest BCUT2D eigenvalue weighted by Crippen LogP contribution is -2.59. The fraction of sp³-hybridized carbons (Fsp3) is 0.792. The van der Waals surface area contributed by atoms with E-state index in [1.807, 2.05) is 13.8 Å². The minimum Gasteiger partial charge on any atom is -0.394 e. The molecule has 8 amide bonds. The Bertz CT molecular complexity index is 1960. The van der Waals surface area contributed by atoms with Gasteiger partial charge in [0.25, 0.3) is 0 Å². The molecule has 0 spiro atoms. The van der Waals surface area contributed by atoms with Gasteiger partial charge in [0.15, 0.2) is 11.6 Å². The molecule has 1 aliphatic heterocycles. The molecule has 79 heavy (non-hydrogen) atoms. The number of ketones is 3. The van der Waals surface area contributed by atoms with E-state index in [1.165, 1.54) is 6.92 Å². The first-order valence-electron chi connectivity index (χ1n) is 28.3. The molecule has 0 unspecified atom stereocenters.